The number of anilines is 1. The first-order valence-electron chi connectivity index (χ1n) is 5.84. The van der Waals surface area contributed by atoms with E-state index in [1.807, 2.05) is 0 Å². The molecule has 0 bridgehead atoms. The Bertz CT molecular complexity index is 788. The molecule has 0 saturated carbocycles. The van der Waals surface area contributed by atoms with Gasteiger partial charge in [0.1, 0.15) is 0 Å². The maximum Gasteiger partial charge on any atom is 0.229 e. The van der Waals surface area contributed by atoms with Gasteiger partial charge in [0.25, 0.3) is 0 Å². The van der Waals surface area contributed by atoms with Crippen molar-refractivity contribution in [2.45, 2.75) is 0 Å². The second-order valence-corrected chi connectivity index (χ2v) is 6.54. The summed E-state index contributed by atoms with van der Waals surface area (Å²) >= 11 is 5.64. The molecule has 2 aromatic carbocycles. The predicted octanol–water partition coefficient (Wildman–Crippen LogP) is 3.08. The Morgan fingerprint density at radius 2 is 1.76 bits per heavy atom. The number of benzene rings is 2. The summed E-state index contributed by atoms with van der Waals surface area (Å²) in [5.74, 6) is -1.30. The summed E-state index contributed by atoms with van der Waals surface area (Å²) in [5, 5.41) is -0.129. The van der Waals surface area contributed by atoms with Crippen LogP contribution in [-0.2, 0) is 10.0 Å². The lowest BCUT2D eigenvalue weighted by Gasteiger charge is -2.06. The summed E-state index contributed by atoms with van der Waals surface area (Å²) in [6, 6.07) is 9.86. The van der Waals surface area contributed by atoms with Crippen molar-refractivity contribution in [1.29, 1.82) is 0 Å². The molecule has 0 aliphatic rings. The molecule has 4 nitrogen and oxygen atoms in total. The smallest absolute Gasteiger partial charge is 0.229 e. The first-order chi connectivity index (χ1) is 9.78. The standard InChI is InChI=1S/C14H11ClFNO3S/c1-21(19,20)17-10-7-5-9(6-8-10)14(18)11-3-2-4-12(15)13(11)16/h2-8,17H,1H3. The minimum atomic E-state index is -3.39. The maximum absolute atomic E-state index is 13.8. The Labute approximate surface area is 126 Å². The van der Waals surface area contributed by atoms with Crippen LogP contribution in [0, 0.1) is 5.82 Å². The van der Waals surface area contributed by atoms with Crippen LogP contribution in [-0.4, -0.2) is 20.5 Å². The lowest BCUT2D eigenvalue weighted by molar-refractivity contribution is 0.103. The Morgan fingerprint density at radius 3 is 2.33 bits per heavy atom. The van der Waals surface area contributed by atoms with E-state index < -0.39 is 21.6 Å². The van der Waals surface area contributed by atoms with Crippen LogP contribution >= 0.6 is 11.6 Å². The van der Waals surface area contributed by atoms with E-state index in [-0.39, 0.29) is 16.1 Å². The van der Waals surface area contributed by atoms with E-state index in [4.69, 9.17) is 11.6 Å². The van der Waals surface area contributed by atoms with E-state index >= 15 is 0 Å². The van der Waals surface area contributed by atoms with Crippen molar-refractivity contribution in [2.75, 3.05) is 11.0 Å². The van der Waals surface area contributed by atoms with Crippen molar-refractivity contribution in [3.8, 4) is 0 Å². The molecule has 7 heteroatoms. The van der Waals surface area contributed by atoms with Crippen molar-refractivity contribution in [3.05, 3.63) is 64.4 Å². The molecular weight excluding hydrogens is 317 g/mol. The van der Waals surface area contributed by atoms with Gasteiger partial charge >= 0.3 is 0 Å². The molecule has 0 unspecified atom stereocenters. The molecule has 0 spiro atoms. The lowest BCUT2D eigenvalue weighted by Crippen LogP contribution is -2.10. The van der Waals surface area contributed by atoms with E-state index in [2.05, 4.69) is 4.72 Å². The fourth-order valence-corrected chi connectivity index (χ4v) is 2.48. The van der Waals surface area contributed by atoms with Gasteiger partial charge in [0, 0.05) is 11.3 Å². The fraction of sp³-hybridized carbons (Fsp3) is 0.0714. The number of hydrogen-bond acceptors (Lipinski definition) is 3. The number of carbonyl (C=O) groups is 1. The van der Waals surface area contributed by atoms with Crippen LogP contribution in [0.1, 0.15) is 15.9 Å². The second-order valence-electron chi connectivity index (χ2n) is 4.38. The zero-order valence-electron chi connectivity index (χ0n) is 10.9. The van der Waals surface area contributed by atoms with E-state index in [9.17, 15) is 17.6 Å². The van der Waals surface area contributed by atoms with E-state index in [0.717, 1.165) is 6.26 Å². The average molecular weight is 328 g/mol. The van der Waals surface area contributed by atoms with E-state index in [1.54, 1.807) is 0 Å². The van der Waals surface area contributed by atoms with Gasteiger partial charge in [0.15, 0.2) is 11.6 Å². The molecule has 2 aromatic rings. The normalized spacial score (nSPS) is 11.2. The molecule has 0 saturated heterocycles. The van der Waals surface area contributed by atoms with Gasteiger partial charge in [-0.05, 0) is 36.4 Å². The van der Waals surface area contributed by atoms with Crippen molar-refractivity contribution < 1.29 is 17.6 Å². The molecule has 0 amide bonds. The summed E-state index contributed by atoms with van der Waals surface area (Å²) in [5.41, 5.74) is 0.419. The lowest BCUT2D eigenvalue weighted by atomic mass is 10.0. The Hall–Kier alpha value is -1.92. The van der Waals surface area contributed by atoms with Crippen LogP contribution in [0.5, 0.6) is 0 Å². The zero-order chi connectivity index (χ0) is 15.6. The third-order valence-corrected chi connectivity index (χ3v) is 3.54. The summed E-state index contributed by atoms with van der Waals surface area (Å²) in [6.07, 6.45) is 1.02. The highest BCUT2D eigenvalue weighted by atomic mass is 35.5. The van der Waals surface area contributed by atoms with Crippen LogP contribution < -0.4 is 4.72 Å². The first-order valence-corrected chi connectivity index (χ1v) is 8.11. The summed E-state index contributed by atoms with van der Waals surface area (Å²) < 4.78 is 38.2. The fourth-order valence-electron chi connectivity index (χ4n) is 1.74. The number of ketones is 1. The number of halogens is 2. The average Bonchev–Trinajstić information content (AvgIpc) is 2.40. The molecule has 0 aliphatic heterocycles. The van der Waals surface area contributed by atoms with Crippen molar-refractivity contribution in [1.82, 2.24) is 0 Å². The minimum Gasteiger partial charge on any atom is -0.288 e. The third kappa shape index (κ3) is 3.80. The van der Waals surface area contributed by atoms with Crippen LogP contribution in [0.15, 0.2) is 42.5 Å². The van der Waals surface area contributed by atoms with Gasteiger partial charge in [0.05, 0.1) is 16.8 Å². The highest BCUT2D eigenvalue weighted by molar-refractivity contribution is 7.92. The molecule has 21 heavy (non-hydrogen) atoms. The molecule has 0 aromatic heterocycles. The quantitative estimate of drug-likeness (QED) is 0.878. The Balaban J connectivity index is 2.30. The topological polar surface area (TPSA) is 63.2 Å². The molecule has 110 valence electrons. The van der Waals surface area contributed by atoms with Crippen LogP contribution in [0.4, 0.5) is 10.1 Å². The molecule has 0 fully saturated rings. The Morgan fingerprint density at radius 1 is 1.14 bits per heavy atom. The molecule has 0 heterocycles. The van der Waals surface area contributed by atoms with Crippen LogP contribution in [0.3, 0.4) is 0 Å². The Kier molecular flexibility index (Phi) is 4.29. The largest absolute Gasteiger partial charge is 0.288 e. The predicted molar refractivity (Wildman–Crippen MR) is 79.8 cm³/mol. The first kappa shape index (κ1) is 15.5. The molecule has 0 aliphatic carbocycles. The molecule has 1 N–H and O–H groups in total. The molecular formula is C14H11ClFNO3S. The van der Waals surface area contributed by atoms with Crippen LogP contribution in [0.25, 0.3) is 0 Å². The van der Waals surface area contributed by atoms with E-state index in [1.165, 1.54) is 42.5 Å². The summed E-state index contributed by atoms with van der Waals surface area (Å²) in [6.45, 7) is 0. The maximum atomic E-state index is 13.8. The van der Waals surface area contributed by atoms with Gasteiger partial charge in [-0.25, -0.2) is 12.8 Å². The molecule has 0 atom stereocenters. The molecule has 0 radical (unpaired) electrons. The zero-order valence-corrected chi connectivity index (χ0v) is 12.5. The number of rotatable bonds is 4. The number of sulfonamides is 1. The van der Waals surface area contributed by atoms with Gasteiger partial charge in [0.2, 0.25) is 10.0 Å². The molecule has 2 rings (SSSR count). The minimum absolute atomic E-state index is 0.129. The number of nitrogens with one attached hydrogen (secondary N) is 1. The monoisotopic (exact) mass is 327 g/mol. The number of carbonyl (C=O) groups excluding carboxylic acids is 1. The highest BCUT2D eigenvalue weighted by Gasteiger charge is 2.16. The van der Waals surface area contributed by atoms with E-state index in [0.29, 0.717) is 5.69 Å². The SMILES string of the molecule is CS(=O)(=O)Nc1ccc(C(=O)c2cccc(Cl)c2F)cc1. The highest BCUT2D eigenvalue weighted by Crippen LogP contribution is 2.21. The second kappa shape index (κ2) is 5.83. The van der Waals surface area contributed by atoms with Gasteiger partial charge in [-0.3, -0.25) is 9.52 Å². The van der Waals surface area contributed by atoms with Crippen LogP contribution in [0.2, 0.25) is 5.02 Å². The van der Waals surface area contributed by atoms with Crippen molar-refractivity contribution >= 4 is 33.1 Å². The summed E-state index contributed by atoms with van der Waals surface area (Å²) in [4.78, 5) is 12.2. The van der Waals surface area contributed by atoms with Gasteiger partial charge in [-0.15, -0.1) is 0 Å². The number of hydrogen-bond donors (Lipinski definition) is 1. The van der Waals surface area contributed by atoms with Gasteiger partial charge in [-0.2, -0.15) is 0 Å². The summed E-state index contributed by atoms with van der Waals surface area (Å²) in [7, 11) is -3.39. The van der Waals surface area contributed by atoms with Crippen molar-refractivity contribution in [3.63, 3.8) is 0 Å². The van der Waals surface area contributed by atoms with Gasteiger partial charge in [-0.1, -0.05) is 17.7 Å². The van der Waals surface area contributed by atoms with Crippen molar-refractivity contribution in [2.24, 2.45) is 0 Å². The third-order valence-electron chi connectivity index (χ3n) is 2.65. The van der Waals surface area contributed by atoms with Gasteiger partial charge < -0.3 is 0 Å².